The van der Waals surface area contributed by atoms with Crippen LogP contribution in [-0.2, 0) is 0 Å². The van der Waals surface area contributed by atoms with Crippen LogP contribution in [-0.4, -0.2) is 18.1 Å². The van der Waals surface area contributed by atoms with Crippen molar-refractivity contribution >= 4 is 39.0 Å². The van der Waals surface area contributed by atoms with Crippen molar-refractivity contribution in [3.8, 4) is 0 Å². The molecular weight excluding hydrogens is 302 g/mol. The fourth-order valence-electron chi connectivity index (χ4n) is 1.95. The van der Waals surface area contributed by atoms with Gasteiger partial charge < -0.3 is 5.32 Å². The molecule has 1 atom stereocenters. The van der Waals surface area contributed by atoms with Crippen LogP contribution in [0.5, 0.6) is 0 Å². The molecule has 1 aliphatic heterocycles. The molecular formula is C12H18BrNS2. The van der Waals surface area contributed by atoms with Gasteiger partial charge in [0.15, 0.2) is 0 Å². The van der Waals surface area contributed by atoms with Crippen LogP contribution in [0.3, 0.4) is 0 Å². The maximum absolute atomic E-state index is 3.66. The van der Waals surface area contributed by atoms with Crippen LogP contribution < -0.4 is 5.32 Å². The van der Waals surface area contributed by atoms with Crippen molar-refractivity contribution in [2.24, 2.45) is 5.92 Å². The molecule has 0 saturated carbocycles. The molecule has 0 aromatic carbocycles. The molecule has 1 aromatic heterocycles. The predicted molar refractivity (Wildman–Crippen MR) is 78.5 cm³/mol. The molecule has 0 aliphatic carbocycles. The summed E-state index contributed by atoms with van der Waals surface area (Å²) in [5.74, 6) is 3.60. The highest BCUT2D eigenvalue weighted by Gasteiger charge is 2.15. The summed E-state index contributed by atoms with van der Waals surface area (Å²) in [7, 11) is 0. The van der Waals surface area contributed by atoms with Crippen molar-refractivity contribution < 1.29 is 0 Å². The van der Waals surface area contributed by atoms with E-state index in [1.54, 1.807) is 0 Å². The minimum Gasteiger partial charge on any atom is -0.309 e. The average molecular weight is 320 g/mol. The minimum atomic E-state index is 0.492. The van der Waals surface area contributed by atoms with Crippen LogP contribution in [0.4, 0.5) is 0 Å². The summed E-state index contributed by atoms with van der Waals surface area (Å²) in [5, 5.41) is 5.82. The first-order chi connectivity index (χ1) is 7.75. The normalized spacial score (nSPS) is 19.9. The highest BCUT2D eigenvalue weighted by atomic mass is 79.9. The molecule has 16 heavy (non-hydrogen) atoms. The number of nitrogens with one attached hydrogen (secondary N) is 1. The monoisotopic (exact) mass is 319 g/mol. The summed E-state index contributed by atoms with van der Waals surface area (Å²) in [4.78, 5) is 1.43. The molecule has 0 spiro atoms. The van der Waals surface area contributed by atoms with E-state index in [0.29, 0.717) is 6.04 Å². The molecule has 1 N–H and O–H groups in total. The van der Waals surface area contributed by atoms with E-state index in [0.717, 1.165) is 5.92 Å². The van der Waals surface area contributed by atoms with Crippen molar-refractivity contribution in [3.63, 3.8) is 0 Å². The van der Waals surface area contributed by atoms with Gasteiger partial charge in [-0.3, -0.25) is 0 Å². The largest absolute Gasteiger partial charge is 0.309 e. The molecule has 0 bridgehead atoms. The Bertz CT molecular complexity index is 321. The second-order valence-electron chi connectivity index (χ2n) is 4.35. The highest BCUT2D eigenvalue weighted by Crippen LogP contribution is 2.26. The first-order valence-electron chi connectivity index (χ1n) is 5.81. The number of thioether (sulfide) groups is 1. The molecule has 1 aliphatic rings. The Hall–Kier alpha value is 0.490. The van der Waals surface area contributed by atoms with Crippen LogP contribution in [0.25, 0.3) is 0 Å². The van der Waals surface area contributed by atoms with Gasteiger partial charge in [-0.05, 0) is 65.7 Å². The molecule has 1 saturated heterocycles. The van der Waals surface area contributed by atoms with Gasteiger partial charge in [0.1, 0.15) is 0 Å². The molecule has 1 aromatic rings. The topological polar surface area (TPSA) is 12.0 Å². The maximum atomic E-state index is 3.66. The Morgan fingerprint density at radius 1 is 1.50 bits per heavy atom. The van der Waals surface area contributed by atoms with Crippen molar-refractivity contribution in [2.45, 2.75) is 25.8 Å². The van der Waals surface area contributed by atoms with Crippen LogP contribution >= 0.6 is 39.0 Å². The average Bonchev–Trinajstić information content (AvgIpc) is 2.74. The lowest BCUT2D eigenvalue weighted by atomic mass is 10.0. The number of rotatable bonds is 4. The quantitative estimate of drug-likeness (QED) is 0.887. The standard InChI is InChI=1S/C12H18BrNS2/c1-9(12-6-11(13)8-16-12)14-7-10-2-4-15-5-3-10/h6,8-10,14H,2-5,7H2,1H3. The zero-order valence-electron chi connectivity index (χ0n) is 9.54. The molecule has 0 radical (unpaired) electrons. The van der Waals surface area contributed by atoms with E-state index >= 15 is 0 Å². The third kappa shape index (κ3) is 3.76. The Morgan fingerprint density at radius 2 is 2.25 bits per heavy atom. The van der Waals surface area contributed by atoms with E-state index in [1.807, 2.05) is 11.3 Å². The minimum absolute atomic E-state index is 0.492. The number of hydrogen-bond donors (Lipinski definition) is 1. The van der Waals surface area contributed by atoms with Gasteiger partial charge in [0.05, 0.1) is 0 Å². The Balaban J connectivity index is 1.76. The fraction of sp³-hybridized carbons (Fsp3) is 0.667. The van der Waals surface area contributed by atoms with Crippen LogP contribution in [0.15, 0.2) is 15.9 Å². The van der Waals surface area contributed by atoms with Gasteiger partial charge in [0.2, 0.25) is 0 Å². The van der Waals surface area contributed by atoms with E-state index < -0.39 is 0 Å². The third-order valence-corrected chi connectivity index (χ3v) is 5.99. The lowest BCUT2D eigenvalue weighted by molar-refractivity contribution is 0.423. The predicted octanol–water partition coefficient (Wildman–Crippen LogP) is 4.30. The number of hydrogen-bond acceptors (Lipinski definition) is 3. The SMILES string of the molecule is CC(NCC1CCSCC1)c1cc(Br)cs1. The summed E-state index contributed by atoms with van der Waals surface area (Å²) in [5.41, 5.74) is 0. The number of halogens is 1. The van der Waals surface area contributed by atoms with Crippen molar-refractivity contribution in [2.75, 3.05) is 18.1 Å². The first kappa shape index (κ1) is 12.9. The van der Waals surface area contributed by atoms with E-state index in [4.69, 9.17) is 0 Å². The zero-order chi connectivity index (χ0) is 11.4. The molecule has 90 valence electrons. The van der Waals surface area contributed by atoms with Crippen molar-refractivity contribution in [1.29, 1.82) is 0 Å². The lowest BCUT2D eigenvalue weighted by Gasteiger charge is -2.23. The van der Waals surface area contributed by atoms with E-state index in [1.165, 1.54) is 40.2 Å². The molecule has 0 amide bonds. The van der Waals surface area contributed by atoms with E-state index in [2.05, 4.69) is 51.4 Å². The molecule has 1 nitrogen and oxygen atoms in total. The van der Waals surface area contributed by atoms with Gasteiger partial charge in [-0.1, -0.05) is 0 Å². The van der Waals surface area contributed by atoms with Gasteiger partial charge in [-0.15, -0.1) is 11.3 Å². The van der Waals surface area contributed by atoms with Gasteiger partial charge in [-0.2, -0.15) is 11.8 Å². The highest BCUT2D eigenvalue weighted by molar-refractivity contribution is 9.10. The number of thiophene rings is 1. The van der Waals surface area contributed by atoms with Gasteiger partial charge in [0.25, 0.3) is 0 Å². The van der Waals surface area contributed by atoms with Crippen LogP contribution in [0.1, 0.15) is 30.7 Å². The summed E-state index contributed by atoms with van der Waals surface area (Å²) in [6.07, 6.45) is 2.77. The van der Waals surface area contributed by atoms with Crippen molar-refractivity contribution in [3.05, 3.63) is 20.8 Å². The Kier molecular flexibility index (Phi) is 5.20. The molecule has 2 rings (SSSR count). The summed E-state index contributed by atoms with van der Waals surface area (Å²) in [6.45, 7) is 3.44. The van der Waals surface area contributed by atoms with E-state index in [-0.39, 0.29) is 0 Å². The van der Waals surface area contributed by atoms with Gasteiger partial charge in [0, 0.05) is 20.8 Å². The Morgan fingerprint density at radius 3 is 2.88 bits per heavy atom. The van der Waals surface area contributed by atoms with Crippen LogP contribution in [0, 0.1) is 5.92 Å². The van der Waals surface area contributed by atoms with E-state index in [9.17, 15) is 0 Å². The fourth-order valence-corrected chi connectivity index (χ4v) is 4.63. The maximum Gasteiger partial charge on any atom is 0.0386 e. The smallest absolute Gasteiger partial charge is 0.0386 e. The lowest BCUT2D eigenvalue weighted by Crippen LogP contribution is -2.27. The second-order valence-corrected chi connectivity index (χ2v) is 7.44. The molecule has 4 heteroatoms. The van der Waals surface area contributed by atoms with Crippen LogP contribution in [0.2, 0.25) is 0 Å². The molecule has 1 fully saturated rings. The second kappa shape index (κ2) is 6.43. The van der Waals surface area contributed by atoms with Crippen molar-refractivity contribution in [1.82, 2.24) is 5.32 Å². The molecule has 2 heterocycles. The Labute approximate surface area is 115 Å². The summed E-state index contributed by atoms with van der Waals surface area (Å²) >= 11 is 7.44. The first-order valence-corrected chi connectivity index (χ1v) is 8.63. The third-order valence-electron chi connectivity index (χ3n) is 3.07. The summed E-state index contributed by atoms with van der Waals surface area (Å²) in [6, 6.07) is 2.71. The summed E-state index contributed by atoms with van der Waals surface area (Å²) < 4.78 is 1.20. The van der Waals surface area contributed by atoms with Gasteiger partial charge >= 0.3 is 0 Å². The molecule has 1 unspecified atom stereocenters. The van der Waals surface area contributed by atoms with Gasteiger partial charge in [-0.25, -0.2) is 0 Å². The zero-order valence-corrected chi connectivity index (χ0v) is 12.8.